The van der Waals surface area contributed by atoms with Crippen LogP contribution in [0.4, 0.5) is 0 Å². The number of hydrogen-bond donors (Lipinski definition) is 1. The van der Waals surface area contributed by atoms with Gasteiger partial charge in [0.2, 0.25) is 0 Å². The molecule has 0 bridgehead atoms. The number of aliphatic hydroxyl groups excluding tert-OH is 1. The van der Waals surface area contributed by atoms with E-state index < -0.39 is 0 Å². The molecule has 2 atom stereocenters. The number of nitrogens with zero attached hydrogens (tertiary/aromatic N) is 2. The summed E-state index contributed by atoms with van der Waals surface area (Å²) in [7, 11) is 0. The molecule has 3 rings (SSSR count). The van der Waals surface area contributed by atoms with E-state index in [0.29, 0.717) is 6.04 Å². The molecule has 112 valence electrons. The molecule has 1 aromatic rings. The highest BCUT2D eigenvalue weighted by molar-refractivity contribution is 5.31. The maximum absolute atomic E-state index is 10.2. The van der Waals surface area contributed by atoms with Crippen molar-refractivity contribution in [3.05, 3.63) is 23.0 Å². The van der Waals surface area contributed by atoms with E-state index >= 15 is 0 Å². The van der Waals surface area contributed by atoms with Crippen molar-refractivity contribution < 1.29 is 5.11 Å². The number of fused-ring (bicyclic) bond motifs is 1. The molecule has 2 heterocycles. The maximum atomic E-state index is 10.2. The number of aliphatic hydroxyl groups is 1. The van der Waals surface area contributed by atoms with Gasteiger partial charge in [-0.2, -0.15) is 0 Å². The number of rotatable bonds is 3. The third kappa shape index (κ3) is 2.53. The fraction of sp³-hybridized carbons (Fsp3) is 0.765. The summed E-state index contributed by atoms with van der Waals surface area (Å²) in [4.78, 5) is 2.59. The Hall–Kier alpha value is -0.800. The van der Waals surface area contributed by atoms with E-state index in [9.17, 15) is 5.11 Å². The smallest absolute Gasteiger partial charge is 0.0807 e. The van der Waals surface area contributed by atoms with Gasteiger partial charge in [-0.3, -0.25) is 0 Å². The quantitative estimate of drug-likeness (QED) is 0.919. The Labute approximate surface area is 122 Å². The van der Waals surface area contributed by atoms with Gasteiger partial charge in [0.25, 0.3) is 0 Å². The van der Waals surface area contributed by atoms with Crippen LogP contribution in [0.3, 0.4) is 0 Å². The van der Waals surface area contributed by atoms with Crippen molar-refractivity contribution in [1.82, 2.24) is 9.47 Å². The first-order valence-electron chi connectivity index (χ1n) is 8.17. The van der Waals surface area contributed by atoms with E-state index in [0.717, 1.165) is 31.7 Å². The van der Waals surface area contributed by atoms with Crippen LogP contribution in [0, 0.1) is 12.8 Å². The average molecular weight is 276 g/mol. The zero-order valence-corrected chi connectivity index (χ0v) is 13.1. The van der Waals surface area contributed by atoms with Crippen LogP contribution in [0.2, 0.25) is 0 Å². The molecule has 0 spiro atoms. The van der Waals surface area contributed by atoms with Crippen molar-refractivity contribution in [3.8, 4) is 0 Å². The standard InChI is InChI=1S/C17H28N2O/c1-12(2)18-8-7-14(10-18)11-19-13(3)9-15-16(19)5-4-6-17(15)20/h9,12,14,17,20H,4-8,10-11H2,1-3H3. The lowest BCUT2D eigenvalue weighted by Gasteiger charge is -2.23. The van der Waals surface area contributed by atoms with Crippen LogP contribution in [0.25, 0.3) is 0 Å². The van der Waals surface area contributed by atoms with Gasteiger partial charge in [0.05, 0.1) is 6.10 Å². The minimum atomic E-state index is -0.227. The van der Waals surface area contributed by atoms with E-state index in [2.05, 4.69) is 36.3 Å². The van der Waals surface area contributed by atoms with Crippen molar-refractivity contribution in [2.24, 2.45) is 5.92 Å². The van der Waals surface area contributed by atoms with Gasteiger partial charge >= 0.3 is 0 Å². The summed E-state index contributed by atoms with van der Waals surface area (Å²) in [5, 5.41) is 10.2. The summed E-state index contributed by atoms with van der Waals surface area (Å²) in [6.45, 7) is 10.4. The average Bonchev–Trinajstić information content (AvgIpc) is 2.98. The highest BCUT2D eigenvalue weighted by Gasteiger charge is 2.28. The van der Waals surface area contributed by atoms with Crippen LogP contribution in [0.15, 0.2) is 6.07 Å². The molecule has 2 unspecified atom stereocenters. The van der Waals surface area contributed by atoms with Crippen LogP contribution in [0.1, 0.15) is 56.2 Å². The molecular weight excluding hydrogens is 248 g/mol. The third-order valence-corrected chi connectivity index (χ3v) is 5.19. The predicted molar refractivity (Wildman–Crippen MR) is 81.9 cm³/mol. The number of aromatic nitrogens is 1. The monoisotopic (exact) mass is 276 g/mol. The number of aryl methyl sites for hydroxylation is 1. The number of likely N-dealkylation sites (tertiary alicyclic amines) is 1. The van der Waals surface area contributed by atoms with Crippen LogP contribution < -0.4 is 0 Å². The Morgan fingerprint density at radius 2 is 2.15 bits per heavy atom. The number of hydrogen-bond acceptors (Lipinski definition) is 2. The Morgan fingerprint density at radius 1 is 1.35 bits per heavy atom. The molecule has 1 aliphatic heterocycles. The third-order valence-electron chi connectivity index (χ3n) is 5.19. The van der Waals surface area contributed by atoms with Gasteiger partial charge in [-0.15, -0.1) is 0 Å². The Bertz CT molecular complexity index is 478. The molecule has 1 aromatic heterocycles. The second kappa shape index (κ2) is 5.53. The highest BCUT2D eigenvalue weighted by atomic mass is 16.3. The summed E-state index contributed by atoms with van der Waals surface area (Å²) in [5.41, 5.74) is 3.94. The Morgan fingerprint density at radius 3 is 2.85 bits per heavy atom. The zero-order chi connectivity index (χ0) is 14.3. The molecule has 1 fully saturated rings. The van der Waals surface area contributed by atoms with E-state index in [1.165, 1.54) is 36.5 Å². The topological polar surface area (TPSA) is 28.4 Å². The van der Waals surface area contributed by atoms with Gasteiger partial charge in [0.1, 0.15) is 0 Å². The molecule has 3 nitrogen and oxygen atoms in total. The first-order chi connectivity index (χ1) is 9.56. The summed E-state index contributed by atoms with van der Waals surface area (Å²) in [6, 6.07) is 2.88. The molecular formula is C17H28N2O. The molecule has 1 aliphatic carbocycles. The second-order valence-corrected chi connectivity index (χ2v) is 6.95. The van der Waals surface area contributed by atoms with Crippen molar-refractivity contribution in [3.63, 3.8) is 0 Å². The summed E-state index contributed by atoms with van der Waals surface area (Å²) in [5.74, 6) is 0.770. The first-order valence-corrected chi connectivity index (χ1v) is 8.17. The van der Waals surface area contributed by atoms with Gasteiger partial charge in [-0.05, 0) is 65.0 Å². The lowest BCUT2D eigenvalue weighted by Crippen LogP contribution is -2.29. The molecule has 0 radical (unpaired) electrons. The molecule has 20 heavy (non-hydrogen) atoms. The Balaban J connectivity index is 1.75. The fourth-order valence-corrected chi connectivity index (χ4v) is 3.93. The van der Waals surface area contributed by atoms with Gasteiger partial charge in [-0.25, -0.2) is 0 Å². The molecule has 3 heteroatoms. The summed E-state index contributed by atoms with van der Waals surface area (Å²) >= 11 is 0. The summed E-state index contributed by atoms with van der Waals surface area (Å²) in [6.07, 6.45) is 4.28. The lowest BCUT2D eigenvalue weighted by atomic mass is 9.95. The van der Waals surface area contributed by atoms with Crippen molar-refractivity contribution in [1.29, 1.82) is 0 Å². The van der Waals surface area contributed by atoms with Crippen LogP contribution in [0.5, 0.6) is 0 Å². The predicted octanol–water partition coefficient (Wildman–Crippen LogP) is 2.90. The SMILES string of the molecule is Cc1cc2c(n1CC1CCN(C(C)C)C1)CCCC2O. The zero-order valence-electron chi connectivity index (χ0n) is 13.1. The van der Waals surface area contributed by atoms with Crippen LogP contribution in [-0.2, 0) is 13.0 Å². The van der Waals surface area contributed by atoms with Gasteiger partial charge in [-0.1, -0.05) is 0 Å². The second-order valence-electron chi connectivity index (χ2n) is 6.95. The molecule has 1 saturated heterocycles. The van der Waals surface area contributed by atoms with E-state index in [4.69, 9.17) is 0 Å². The van der Waals surface area contributed by atoms with E-state index in [-0.39, 0.29) is 6.10 Å². The van der Waals surface area contributed by atoms with Gasteiger partial charge in [0.15, 0.2) is 0 Å². The lowest BCUT2D eigenvalue weighted by molar-refractivity contribution is 0.155. The van der Waals surface area contributed by atoms with Crippen molar-refractivity contribution >= 4 is 0 Å². The van der Waals surface area contributed by atoms with Crippen molar-refractivity contribution in [2.45, 2.75) is 65.1 Å². The minimum Gasteiger partial charge on any atom is -0.388 e. The summed E-state index contributed by atoms with van der Waals surface area (Å²) < 4.78 is 2.49. The van der Waals surface area contributed by atoms with Gasteiger partial charge < -0.3 is 14.6 Å². The van der Waals surface area contributed by atoms with Gasteiger partial charge in [0, 0.05) is 36.1 Å². The van der Waals surface area contributed by atoms with Crippen LogP contribution >= 0.6 is 0 Å². The largest absolute Gasteiger partial charge is 0.388 e. The molecule has 0 saturated carbocycles. The Kier molecular flexibility index (Phi) is 3.91. The molecule has 0 amide bonds. The van der Waals surface area contributed by atoms with E-state index in [1.54, 1.807) is 0 Å². The first kappa shape index (κ1) is 14.2. The molecule has 1 N–H and O–H groups in total. The van der Waals surface area contributed by atoms with E-state index in [1.807, 2.05) is 0 Å². The maximum Gasteiger partial charge on any atom is 0.0807 e. The van der Waals surface area contributed by atoms with Crippen LogP contribution in [-0.4, -0.2) is 33.7 Å². The molecule has 0 aromatic carbocycles. The highest BCUT2D eigenvalue weighted by Crippen LogP contribution is 2.33. The fourth-order valence-electron chi connectivity index (χ4n) is 3.93. The van der Waals surface area contributed by atoms with Crippen molar-refractivity contribution in [2.75, 3.05) is 13.1 Å². The molecule has 2 aliphatic rings. The normalized spacial score (nSPS) is 27.2. The minimum absolute atomic E-state index is 0.227.